The largest absolute Gasteiger partial charge is 0.321 e. The number of carbonyl (C=O) groups excluding carboxylic acids is 1. The van der Waals surface area contributed by atoms with Gasteiger partial charge in [0.2, 0.25) is 5.82 Å². The van der Waals surface area contributed by atoms with Gasteiger partial charge in [0.1, 0.15) is 0 Å². The van der Waals surface area contributed by atoms with E-state index in [2.05, 4.69) is 84.7 Å². The maximum absolute atomic E-state index is 13.8. The molecule has 0 radical (unpaired) electrons. The molecule has 37 heavy (non-hydrogen) atoms. The Morgan fingerprint density at radius 1 is 0.865 bits per heavy atom. The first-order chi connectivity index (χ1) is 18.2. The van der Waals surface area contributed by atoms with Crippen LogP contribution in [0.4, 0.5) is 4.79 Å². The van der Waals surface area contributed by atoms with E-state index in [-0.39, 0.29) is 12.1 Å². The van der Waals surface area contributed by atoms with Gasteiger partial charge in [-0.1, -0.05) is 73.9 Å². The Balaban J connectivity index is 1.11. The number of piperidine rings is 1. The second kappa shape index (κ2) is 10.6. The van der Waals surface area contributed by atoms with Crippen LogP contribution >= 0.6 is 0 Å². The molecule has 2 amide bonds. The molecule has 3 fully saturated rings. The summed E-state index contributed by atoms with van der Waals surface area (Å²) in [5.74, 6) is 0.653. The van der Waals surface area contributed by atoms with E-state index in [1.54, 1.807) is 7.05 Å². The van der Waals surface area contributed by atoms with Crippen molar-refractivity contribution in [3.05, 3.63) is 65.7 Å². The number of urea groups is 1. The summed E-state index contributed by atoms with van der Waals surface area (Å²) < 4.78 is 0. The number of tetrazole rings is 1. The molecular formula is C29H37N7O. The summed E-state index contributed by atoms with van der Waals surface area (Å²) in [5.41, 5.74) is 3.54. The molecule has 1 aliphatic carbocycles. The Hall–Kier alpha value is -3.26. The first-order valence-corrected chi connectivity index (χ1v) is 13.9. The molecule has 194 valence electrons. The molecule has 2 aliphatic heterocycles. The highest BCUT2D eigenvalue weighted by Gasteiger charge is 2.45. The van der Waals surface area contributed by atoms with E-state index in [0.29, 0.717) is 17.9 Å². The fourth-order valence-corrected chi connectivity index (χ4v) is 6.46. The number of nitrogens with zero attached hydrogens (tertiary/aromatic N) is 7. The van der Waals surface area contributed by atoms with Crippen LogP contribution < -0.4 is 0 Å². The van der Waals surface area contributed by atoms with Crippen LogP contribution in [0.25, 0.3) is 11.4 Å². The zero-order chi connectivity index (χ0) is 25.2. The van der Waals surface area contributed by atoms with Gasteiger partial charge in [-0.3, -0.25) is 4.90 Å². The summed E-state index contributed by atoms with van der Waals surface area (Å²) in [6, 6.07) is 20.3. The molecule has 2 aromatic carbocycles. The molecule has 1 atom stereocenters. The van der Waals surface area contributed by atoms with Crippen LogP contribution in [-0.2, 0) is 13.6 Å². The van der Waals surface area contributed by atoms with E-state index in [9.17, 15) is 4.79 Å². The fourth-order valence-electron chi connectivity index (χ4n) is 6.46. The van der Waals surface area contributed by atoms with Crippen molar-refractivity contribution in [2.24, 2.45) is 7.05 Å². The molecule has 0 unspecified atom stereocenters. The molecule has 2 saturated heterocycles. The zero-order valence-corrected chi connectivity index (χ0v) is 21.7. The predicted molar refractivity (Wildman–Crippen MR) is 143 cm³/mol. The third-order valence-corrected chi connectivity index (χ3v) is 8.45. The molecule has 3 heterocycles. The Kier molecular flexibility index (Phi) is 6.91. The van der Waals surface area contributed by atoms with Gasteiger partial charge in [0.25, 0.3) is 0 Å². The van der Waals surface area contributed by atoms with Gasteiger partial charge in [-0.15, -0.1) is 10.2 Å². The standard InChI is InChI=1S/C29H37N7O/c1-33-31-28(30-32-33)24-14-12-22(13-15-24)20-34-18-16-26(17-19-34)36-27(23-8-4-2-5-9-23)21-35(29(36)37)25-10-6-3-7-11-25/h2,4-5,8-9,12-15,25-27H,3,6-7,10-11,16-21H2,1H3/t27-/m0/s1. The molecule has 0 spiro atoms. The summed E-state index contributed by atoms with van der Waals surface area (Å²) in [4.78, 5) is 22.3. The molecule has 0 bridgehead atoms. The normalized spacial score (nSPS) is 22.2. The van der Waals surface area contributed by atoms with Crippen LogP contribution in [0, 0.1) is 0 Å². The van der Waals surface area contributed by atoms with E-state index in [1.165, 1.54) is 35.2 Å². The van der Waals surface area contributed by atoms with Gasteiger partial charge < -0.3 is 9.80 Å². The first kappa shape index (κ1) is 24.1. The average molecular weight is 500 g/mol. The third-order valence-electron chi connectivity index (χ3n) is 8.45. The van der Waals surface area contributed by atoms with Crippen molar-refractivity contribution in [1.82, 2.24) is 34.9 Å². The van der Waals surface area contributed by atoms with E-state index in [0.717, 1.165) is 57.4 Å². The quantitative estimate of drug-likeness (QED) is 0.494. The zero-order valence-electron chi connectivity index (χ0n) is 21.7. The molecule has 6 rings (SSSR count). The monoisotopic (exact) mass is 499 g/mol. The lowest BCUT2D eigenvalue weighted by molar-refractivity contribution is 0.106. The van der Waals surface area contributed by atoms with Gasteiger partial charge in [-0.05, 0) is 42.0 Å². The van der Waals surface area contributed by atoms with Crippen molar-refractivity contribution in [1.29, 1.82) is 0 Å². The van der Waals surface area contributed by atoms with Crippen molar-refractivity contribution < 1.29 is 4.79 Å². The van der Waals surface area contributed by atoms with Crippen LogP contribution in [0.2, 0.25) is 0 Å². The maximum atomic E-state index is 13.8. The molecule has 1 saturated carbocycles. The van der Waals surface area contributed by atoms with Gasteiger partial charge in [0.05, 0.1) is 13.1 Å². The van der Waals surface area contributed by atoms with Crippen molar-refractivity contribution in [2.75, 3.05) is 19.6 Å². The number of likely N-dealkylation sites (tertiary alicyclic amines) is 1. The summed E-state index contributed by atoms with van der Waals surface area (Å²) >= 11 is 0. The number of benzene rings is 2. The lowest BCUT2D eigenvalue weighted by Crippen LogP contribution is -2.48. The van der Waals surface area contributed by atoms with Crippen LogP contribution in [0.3, 0.4) is 0 Å². The minimum atomic E-state index is 0.161. The molecule has 1 aromatic heterocycles. The Morgan fingerprint density at radius 3 is 2.27 bits per heavy atom. The fraction of sp³-hybridized carbons (Fsp3) is 0.517. The van der Waals surface area contributed by atoms with E-state index >= 15 is 0 Å². The van der Waals surface area contributed by atoms with E-state index in [1.807, 2.05) is 0 Å². The number of aromatic nitrogens is 4. The molecule has 0 N–H and O–H groups in total. The van der Waals surface area contributed by atoms with E-state index < -0.39 is 0 Å². The highest BCUT2D eigenvalue weighted by Crippen LogP contribution is 2.38. The van der Waals surface area contributed by atoms with Crippen molar-refractivity contribution in [3.63, 3.8) is 0 Å². The smallest absolute Gasteiger partial charge is 0.319 e. The number of carbonyl (C=O) groups is 1. The second-order valence-corrected chi connectivity index (χ2v) is 10.9. The van der Waals surface area contributed by atoms with Crippen LogP contribution in [0.1, 0.15) is 62.1 Å². The number of aryl methyl sites for hydroxylation is 1. The van der Waals surface area contributed by atoms with Gasteiger partial charge in [0, 0.05) is 43.8 Å². The molecule has 3 aliphatic rings. The Bertz CT molecular complexity index is 1180. The number of amides is 2. The van der Waals surface area contributed by atoms with Gasteiger partial charge in [-0.2, -0.15) is 4.80 Å². The third kappa shape index (κ3) is 5.12. The van der Waals surface area contributed by atoms with Crippen LogP contribution in [0.5, 0.6) is 0 Å². The van der Waals surface area contributed by atoms with Crippen molar-refractivity contribution in [2.45, 2.75) is 69.6 Å². The number of hydrogen-bond donors (Lipinski definition) is 0. The van der Waals surface area contributed by atoms with Crippen LogP contribution in [-0.4, -0.2) is 72.7 Å². The van der Waals surface area contributed by atoms with Gasteiger partial charge >= 0.3 is 6.03 Å². The Morgan fingerprint density at radius 2 is 1.59 bits per heavy atom. The van der Waals surface area contributed by atoms with Crippen molar-refractivity contribution >= 4 is 6.03 Å². The molecule has 8 nitrogen and oxygen atoms in total. The minimum absolute atomic E-state index is 0.161. The number of hydrogen-bond acceptors (Lipinski definition) is 5. The number of rotatable bonds is 6. The average Bonchev–Trinajstić information content (AvgIpc) is 3.54. The summed E-state index contributed by atoms with van der Waals surface area (Å²) in [7, 11) is 1.78. The summed E-state index contributed by atoms with van der Waals surface area (Å²) in [6.07, 6.45) is 8.17. The minimum Gasteiger partial charge on any atom is -0.319 e. The van der Waals surface area contributed by atoms with E-state index in [4.69, 9.17) is 0 Å². The van der Waals surface area contributed by atoms with Gasteiger partial charge in [0.15, 0.2) is 0 Å². The van der Waals surface area contributed by atoms with Crippen molar-refractivity contribution in [3.8, 4) is 11.4 Å². The van der Waals surface area contributed by atoms with Crippen LogP contribution in [0.15, 0.2) is 54.6 Å². The molecular weight excluding hydrogens is 462 g/mol. The Labute approximate surface area is 219 Å². The highest BCUT2D eigenvalue weighted by molar-refractivity contribution is 5.78. The predicted octanol–water partition coefficient (Wildman–Crippen LogP) is 4.65. The SMILES string of the molecule is Cn1nnc(-c2ccc(CN3CCC(N4C(=O)N(C5CCCCC5)C[C@H]4c4ccccc4)CC3)cc2)n1. The summed E-state index contributed by atoms with van der Waals surface area (Å²) in [5, 5.41) is 12.3. The maximum Gasteiger partial charge on any atom is 0.321 e. The highest BCUT2D eigenvalue weighted by atomic mass is 16.2. The topological polar surface area (TPSA) is 70.4 Å². The lowest BCUT2D eigenvalue weighted by atomic mass is 9.94. The molecule has 8 heteroatoms. The second-order valence-electron chi connectivity index (χ2n) is 10.9. The first-order valence-electron chi connectivity index (χ1n) is 13.9. The molecule has 3 aromatic rings. The lowest BCUT2D eigenvalue weighted by Gasteiger charge is -2.39. The van der Waals surface area contributed by atoms with Gasteiger partial charge in [-0.25, -0.2) is 4.79 Å². The summed E-state index contributed by atoms with van der Waals surface area (Å²) in [6.45, 7) is 3.77.